The van der Waals surface area contributed by atoms with Gasteiger partial charge in [-0.2, -0.15) is 0 Å². The molecule has 0 radical (unpaired) electrons. The minimum absolute atomic E-state index is 0.00131. The van der Waals surface area contributed by atoms with E-state index in [1.165, 1.54) is 12.3 Å². The highest BCUT2D eigenvalue weighted by atomic mass is 35.5. The lowest BCUT2D eigenvalue weighted by Gasteiger charge is -2.15. The van der Waals surface area contributed by atoms with Gasteiger partial charge in [0.15, 0.2) is 0 Å². The Morgan fingerprint density at radius 2 is 1.64 bits per heavy atom. The highest BCUT2D eigenvalue weighted by molar-refractivity contribution is 6.42. The van der Waals surface area contributed by atoms with E-state index in [9.17, 15) is 14.0 Å². The molecule has 0 saturated heterocycles. The summed E-state index contributed by atoms with van der Waals surface area (Å²) < 4.78 is 26.5. The summed E-state index contributed by atoms with van der Waals surface area (Å²) in [6.45, 7) is 1.72. The van der Waals surface area contributed by atoms with E-state index in [-0.39, 0.29) is 22.6 Å². The van der Waals surface area contributed by atoms with E-state index in [1.54, 1.807) is 54.0 Å². The molecule has 0 bridgehead atoms. The molecule has 0 aliphatic carbocycles. The molecule has 1 aromatic heterocycles. The van der Waals surface area contributed by atoms with Crippen LogP contribution in [0.3, 0.4) is 0 Å². The number of esters is 1. The molecule has 0 aliphatic heterocycles. The number of hydrogen-bond acceptors (Lipinski definition) is 4. The topological polar surface area (TPSA) is 57.5 Å². The molecule has 5 nitrogen and oxygen atoms in total. The number of fused-ring (bicyclic) bond motifs is 1. The first-order valence-electron chi connectivity index (χ1n) is 9.73. The molecule has 0 fully saturated rings. The summed E-state index contributed by atoms with van der Waals surface area (Å²) >= 11 is 17.9. The minimum Gasteiger partial charge on any atom is -0.462 e. The normalized spacial score (nSPS) is 10.9. The molecule has 0 spiro atoms. The summed E-state index contributed by atoms with van der Waals surface area (Å²) in [7, 11) is 0. The van der Waals surface area contributed by atoms with Crippen molar-refractivity contribution in [2.75, 3.05) is 6.61 Å². The molecular formula is C24H15Cl3FNO4. The van der Waals surface area contributed by atoms with Crippen LogP contribution in [-0.2, 0) is 4.74 Å². The smallest absolute Gasteiger partial charge is 0.343 e. The van der Waals surface area contributed by atoms with Gasteiger partial charge in [-0.25, -0.2) is 9.18 Å². The van der Waals surface area contributed by atoms with Crippen LogP contribution in [0.25, 0.3) is 16.6 Å². The van der Waals surface area contributed by atoms with Crippen molar-refractivity contribution in [1.29, 1.82) is 0 Å². The Balaban J connectivity index is 1.80. The third kappa shape index (κ3) is 4.69. The monoisotopic (exact) mass is 505 g/mol. The van der Waals surface area contributed by atoms with E-state index < -0.39 is 17.2 Å². The van der Waals surface area contributed by atoms with Crippen LogP contribution in [0.15, 0.2) is 65.6 Å². The number of ether oxygens (including phenoxy) is 2. The number of halogens is 4. The van der Waals surface area contributed by atoms with Crippen LogP contribution < -0.4 is 10.2 Å². The molecule has 0 aliphatic rings. The number of aromatic nitrogens is 1. The van der Waals surface area contributed by atoms with Gasteiger partial charge < -0.3 is 14.0 Å². The molecule has 4 rings (SSSR count). The Bertz CT molecular complexity index is 1430. The molecule has 9 heteroatoms. The van der Waals surface area contributed by atoms with Gasteiger partial charge in [-0.15, -0.1) is 0 Å². The highest BCUT2D eigenvalue weighted by Gasteiger charge is 2.19. The molecule has 0 unspecified atom stereocenters. The first kappa shape index (κ1) is 23.1. The first-order chi connectivity index (χ1) is 15.8. The van der Waals surface area contributed by atoms with Gasteiger partial charge in [0.2, 0.25) is 5.43 Å². The third-order valence-corrected chi connectivity index (χ3v) is 5.81. The molecule has 0 saturated carbocycles. The van der Waals surface area contributed by atoms with E-state index in [0.717, 1.165) is 6.07 Å². The molecule has 168 valence electrons. The first-order valence-corrected chi connectivity index (χ1v) is 10.9. The van der Waals surface area contributed by atoms with Gasteiger partial charge >= 0.3 is 5.97 Å². The van der Waals surface area contributed by atoms with Crippen LogP contribution in [-0.4, -0.2) is 17.1 Å². The summed E-state index contributed by atoms with van der Waals surface area (Å²) in [6.07, 6.45) is 1.35. The van der Waals surface area contributed by atoms with E-state index in [2.05, 4.69) is 0 Å². The van der Waals surface area contributed by atoms with Crippen molar-refractivity contribution >= 4 is 51.7 Å². The fraction of sp³-hybridized carbons (Fsp3) is 0.0833. The van der Waals surface area contributed by atoms with Crippen LogP contribution in [0, 0.1) is 5.82 Å². The molecule has 33 heavy (non-hydrogen) atoms. The van der Waals surface area contributed by atoms with E-state index in [4.69, 9.17) is 44.3 Å². The van der Waals surface area contributed by atoms with E-state index >= 15 is 0 Å². The second-order valence-electron chi connectivity index (χ2n) is 6.92. The molecule has 0 amide bonds. The van der Waals surface area contributed by atoms with Crippen molar-refractivity contribution in [2.24, 2.45) is 0 Å². The van der Waals surface area contributed by atoms with Gasteiger partial charge in [-0.05, 0) is 55.5 Å². The Kier molecular flexibility index (Phi) is 6.61. The van der Waals surface area contributed by atoms with Crippen molar-refractivity contribution in [3.05, 3.63) is 97.5 Å². The number of carbonyl (C=O) groups excluding carboxylic acids is 1. The quantitative estimate of drug-likeness (QED) is 0.272. The molecule has 1 heterocycles. The predicted octanol–water partition coefficient (Wildman–Crippen LogP) is 7.06. The zero-order valence-corrected chi connectivity index (χ0v) is 19.3. The second-order valence-corrected chi connectivity index (χ2v) is 8.14. The van der Waals surface area contributed by atoms with Crippen molar-refractivity contribution < 1.29 is 18.7 Å². The largest absolute Gasteiger partial charge is 0.462 e. The van der Waals surface area contributed by atoms with Crippen LogP contribution >= 0.6 is 34.8 Å². The van der Waals surface area contributed by atoms with Gasteiger partial charge in [0, 0.05) is 23.3 Å². The van der Waals surface area contributed by atoms with Gasteiger partial charge in [0.05, 0.1) is 27.2 Å². The fourth-order valence-electron chi connectivity index (χ4n) is 3.24. The Morgan fingerprint density at radius 3 is 2.30 bits per heavy atom. The van der Waals surface area contributed by atoms with Crippen LogP contribution in [0.4, 0.5) is 4.39 Å². The van der Waals surface area contributed by atoms with E-state index in [1.807, 2.05) is 0 Å². The lowest BCUT2D eigenvalue weighted by molar-refractivity contribution is 0.0524. The van der Waals surface area contributed by atoms with Crippen molar-refractivity contribution in [3.8, 4) is 17.2 Å². The molecule has 4 aromatic rings. The SMILES string of the molecule is CCOC(=O)c1cn(-c2ccc(Oc3ccc(Cl)c(Cl)c3)cc2)c2cc(Cl)c(F)cc2c1=O. The summed E-state index contributed by atoms with van der Waals surface area (Å²) in [4.78, 5) is 25.2. The maximum atomic E-state index is 14.1. The van der Waals surface area contributed by atoms with Crippen LogP contribution in [0.5, 0.6) is 11.5 Å². The summed E-state index contributed by atoms with van der Waals surface area (Å²) in [5.41, 5.74) is 0.0457. The highest BCUT2D eigenvalue weighted by Crippen LogP contribution is 2.30. The summed E-state index contributed by atoms with van der Waals surface area (Å²) in [6, 6.07) is 14.1. The van der Waals surface area contributed by atoms with Crippen molar-refractivity contribution in [1.82, 2.24) is 4.57 Å². The maximum absolute atomic E-state index is 14.1. The predicted molar refractivity (Wildman–Crippen MR) is 127 cm³/mol. The van der Waals surface area contributed by atoms with Gasteiger partial charge in [-0.1, -0.05) is 34.8 Å². The van der Waals surface area contributed by atoms with Gasteiger partial charge in [0.25, 0.3) is 0 Å². The lowest BCUT2D eigenvalue weighted by atomic mass is 10.1. The van der Waals surface area contributed by atoms with E-state index in [0.29, 0.717) is 32.7 Å². The van der Waals surface area contributed by atoms with Crippen LogP contribution in [0.2, 0.25) is 15.1 Å². The average molecular weight is 507 g/mol. The van der Waals surface area contributed by atoms with Crippen LogP contribution in [0.1, 0.15) is 17.3 Å². The number of rotatable bonds is 5. The zero-order valence-electron chi connectivity index (χ0n) is 17.1. The fourth-order valence-corrected chi connectivity index (χ4v) is 3.68. The molecule has 0 N–H and O–H groups in total. The number of carbonyl (C=O) groups is 1. The summed E-state index contributed by atoms with van der Waals surface area (Å²) in [5, 5.41) is 0.621. The Hall–Kier alpha value is -3.06. The number of benzene rings is 3. The second kappa shape index (κ2) is 9.43. The maximum Gasteiger partial charge on any atom is 0.343 e. The number of pyridine rings is 1. The average Bonchev–Trinajstić information content (AvgIpc) is 2.79. The minimum atomic E-state index is -0.798. The number of nitrogens with zero attached hydrogens (tertiary/aromatic N) is 1. The van der Waals surface area contributed by atoms with Crippen molar-refractivity contribution in [3.63, 3.8) is 0 Å². The Morgan fingerprint density at radius 1 is 0.939 bits per heavy atom. The third-order valence-electron chi connectivity index (χ3n) is 4.78. The van der Waals surface area contributed by atoms with Gasteiger partial charge in [-0.3, -0.25) is 4.79 Å². The molecular weight excluding hydrogens is 492 g/mol. The van der Waals surface area contributed by atoms with Crippen molar-refractivity contribution in [2.45, 2.75) is 6.92 Å². The van der Waals surface area contributed by atoms with Gasteiger partial charge in [0.1, 0.15) is 22.9 Å². The Labute approximate surface area is 202 Å². The molecule has 0 atom stereocenters. The standard InChI is InChI=1S/C24H15Cl3FNO4/c1-2-32-24(31)17-12-29(22-11-20(27)21(28)10-16(22)23(17)30)13-3-5-14(6-4-13)33-15-7-8-18(25)19(26)9-15/h3-12H,2H2,1H3. The molecule has 3 aromatic carbocycles. The zero-order chi connectivity index (χ0) is 23.7. The lowest BCUT2D eigenvalue weighted by Crippen LogP contribution is -2.20. The summed E-state index contributed by atoms with van der Waals surface area (Å²) in [5.74, 6) is -0.553. The number of hydrogen-bond donors (Lipinski definition) is 0.